The van der Waals surface area contributed by atoms with E-state index in [4.69, 9.17) is 5.26 Å². The van der Waals surface area contributed by atoms with Gasteiger partial charge in [0.25, 0.3) is 0 Å². The Labute approximate surface area is 128 Å². The summed E-state index contributed by atoms with van der Waals surface area (Å²) in [5, 5.41) is 19.8. The maximum atomic E-state index is 10.7. The Morgan fingerprint density at radius 3 is 2.95 bits per heavy atom. The fourth-order valence-corrected chi connectivity index (χ4v) is 4.11. The number of benzene rings is 1. The Balaban J connectivity index is 1.83. The summed E-state index contributed by atoms with van der Waals surface area (Å²) >= 11 is 3.47. The Kier molecular flexibility index (Phi) is 3.74. The van der Waals surface area contributed by atoms with Crippen LogP contribution in [-0.4, -0.2) is 23.8 Å². The van der Waals surface area contributed by atoms with Crippen LogP contribution in [0.1, 0.15) is 37.7 Å². The van der Waals surface area contributed by atoms with Gasteiger partial charge in [0.1, 0.15) is 0 Å². The molecule has 2 atom stereocenters. The van der Waals surface area contributed by atoms with Gasteiger partial charge in [-0.1, -0.05) is 28.8 Å². The first-order chi connectivity index (χ1) is 9.60. The summed E-state index contributed by atoms with van der Waals surface area (Å²) in [6.07, 6.45) is 5.29. The van der Waals surface area contributed by atoms with Crippen LogP contribution in [0.3, 0.4) is 0 Å². The van der Waals surface area contributed by atoms with Crippen molar-refractivity contribution in [2.24, 2.45) is 5.92 Å². The van der Waals surface area contributed by atoms with Crippen molar-refractivity contribution in [3.05, 3.63) is 28.2 Å². The third-order valence-electron chi connectivity index (χ3n) is 4.80. The summed E-state index contributed by atoms with van der Waals surface area (Å²) in [5.41, 5.74) is 1.32. The van der Waals surface area contributed by atoms with Gasteiger partial charge in [0.2, 0.25) is 0 Å². The average molecular weight is 335 g/mol. The minimum atomic E-state index is -0.446. The predicted octanol–water partition coefficient (Wildman–Crippen LogP) is 3.45. The van der Waals surface area contributed by atoms with Gasteiger partial charge in [-0.15, -0.1) is 0 Å². The van der Waals surface area contributed by atoms with Gasteiger partial charge in [0.15, 0.2) is 0 Å². The molecule has 0 radical (unpaired) electrons. The van der Waals surface area contributed by atoms with E-state index >= 15 is 0 Å². The SMILES string of the molecule is N#Cc1cc(Br)cc(N2CCC3(O)CCCCC3C2)c1. The van der Waals surface area contributed by atoms with E-state index in [0.717, 1.165) is 48.9 Å². The van der Waals surface area contributed by atoms with Crippen LogP contribution < -0.4 is 4.90 Å². The molecule has 0 amide bonds. The third kappa shape index (κ3) is 2.57. The van der Waals surface area contributed by atoms with Gasteiger partial charge in [-0.2, -0.15) is 5.26 Å². The summed E-state index contributed by atoms with van der Waals surface area (Å²) in [5.74, 6) is 0.370. The fourth-order valence-electron chi connectivity index (χ4n) is 3.63. The maximum absolute atomic E-state index is 10.7. The maximum Gasteiger partial charge on any atom is 0.0992 e. The standard InChI is InChI=1S/C16H19BrN2O/c17-14-7-12(10-18)8-15(9-14)19-6-5-16(20)4-2-1-3-13(16)11-19/h7-9,13,20H,1-6,11H2. The zero-order chi connectivity index (χ0) is 14.2. The molecule has 1 aliphatic heterocycles. The Hall–Kier alpha value is -1.05. The molecule has 4 heteroatoms. The molecule has 1 heterocycles. The fraction of sp³-hybridized carbons (Fsp3) is 0.562. The van der Waals surface area contributed by atoms with Crippen LogP contribution in [0.25, 0.3) is 0 Å². The van der Waals surface area contributed by atoms with E-state index in [1.807, 2.05) is 12.1 Å². The first-order valence-corrected chi connectivity index (χ1v) is 8.08. The number of hydrogen-bond donors (Lipinski definition) is 1. The topological polar surface area (TPSA) is 47.3 Å². The molecule has 2 aliphatic rings. The van der Waals surface area contributed by atoms with Crippen LogP contribution in [0.5, 0.6) is 0 Å². The largest absolute Gasteiger partial charge is 0.389 e. The number of nitriles is 1. The van der Waals surface area contributed by atoms with Crippen LogP contribution in [0.2, 0.25) is 0 Å². The van der Waals surface area contributed by atoms with Crippen LogP contribution >= 0.6 is 15.9 Å². The summed E-state index contributed by atoms with van der Waals surface area (Å²) in [6.45, 7) is 1.77. The molecule has 0 bridgehead atoms. The average Bonchev–Trinajstić information content (AvgIpc) is 2.45. The lowest BCUT2D eigenvalue weighted by Crippen LogP contribution is -2.53. The van der Waals surface area contributed by atoms with E-state index in [0.29, 0.717) is 11.5 Å². The van der Waals surface area contributed by atoms with Crippen molar-refractivity contribution in [3.63, 3.8) is 0 Å². The summed E-state index contributed by atoms with van der Waals surface area (Å²) in [4.78, 5) is 2.32. The van der Waals surface area contributed by atoms with E-state index in [1.165, 1.54) is 6.42 Å². The second-order valence-corrected chi connectivity index (χ2v) is 6.97. The van der Waals surface area contributed by atoms with Crippen LogP contribution in [0.15, 0.2) is 22.7 Å². The monoisotopic (exact) mass is 334 g/mol. The van der Waals surface area contributed by atoms with Gasteiger partial charge in [0, 0.05) is 29.2 Å². The molecule has 2 fully saturated rings. The van der Waals surface area contributed by atoms with Crippen molar-refractivity contribution >= 4 is 21.6 Å². The minimum absolute atomic E-state index is 0.370. The zero-order valence-electron chi connectivity index (χ0n) is 11.5. The number of piperidine rings is 1. The Morgan fingerprint density at radius 2 is 2.15 bits per heavy atom. The first-order valence-electron chi connectivity index (χ1n) is 7.29. The lowest BCUT2D eigenvalue weighted by Gasteiger charge is -2.48. The molecule has 3 nitrogen and oxygen atoms in total. The highest BCUT2D eigenvalue weighted by Crippen LogP contribution is 2.41. The number of rotatable bonds is 1. The zero-order valence-corrected chi connectivity index (χ0v) is 13.1. The number of nitrogens with zero attached hydrogens (tertiary/aromatic N) is 2. The molecule has 1 aliphatic carbocycles. The molecular weight excluding hydrogens is 316 g/mol. The molecule has 1 saturated heterocycles. The number of anilines is 1. The van der Waals surface area contributed by atoms with Crippen molar-refractivity contribution < 1.29 is 5.11 Å². The number of hydrogen-bond acceptors (Lipinski definition) is 3. The molecular formula is C16H19BrN2O. The van der Waals surface area contributed by atoms with Crippen molar-refractivity contribution in [1.29, 1.82) is 5.26 Å². The van der Waals surface area contributed by atoms with Gasteiger partial charge >= 0.3 is 0 Å². The second kappa shape index (κ2) is 5.38. The van der Waals surface area contributed by atoms with Crippen molar-refractivity contribution in [2.75, 3.05) is 18.0 Å². The molecule has 2 unspecified atom stereocenters. The number of fused-ring (bicyclic) bond motifs is 1. The molecule has 0 spiro atoms. The van der Waals surface area contributed by atoms with Crippen LogP contribution in [0.4, 0.5) is 5.69 Å². The summed E-state index contributed by atoms with van der Waals surface area (Å²) in [6, 6.07) is 8.05. The first kappa shape index (κ1) is 13.9. The van der Waals surface area contributed by atoms with Crippen LogP contribution in [-0.2, 0) is 0 Å². The molecule has 106 valence electrons. The van der Waals surface area contributed by atoms with E-state index in [-0.39, 0.29) is 0 Å². The summed E-state index contributed by atoms with van der Waals surface area (Å²) in [7, 11) is 0. The van der Waals surface area contributed by atoms with Gasteiger partial charge in [-0.05, 0) is 37.5 Å². The number of aliphatic hydroxyl groups is 1. The normalized spacial score (nSPS) is 29.6. The van der Waals surface area contributed by atoms with Gasteiger partial charge < -0.3 is 10.0 Å². The van der Waals surface area contributed by atoms with E-state index < -0.39 is 5.60 Å². The highest BCUT2D eigenvalue weighted by atomic mass is 79.9. The minimum Gasteiger partial charge on any atom is -0.389 e. The lowest BCUT2D eigenvalue weighted by atomic mass is 9.71. The van der Waals surface area contributed by atoms with Crippen molar-refractivity contribution in [1.82, 2.24) is 0 Å². The number of halogens is 1. The van der Waals surface area contributed by atoms with Crippen LogP contribution in [0, 0.1) is 17.2 Å². The quantitative estimate of drug-likeness (QED) is 0.855. The highest BCUT2D eigenvalue weighted by Gasteiger charge is 2.42. The molecule has 0 aromatic heterocycles. The molecule has 1 N–H and O–H groups in total. The van der Waals surface area contributed by atoms with E-state index in [2.05, 4.69) is 33.0 Å². The van der Waals surface area contributed by atoms with E-state index in [9.17, 15) is 5.11 Å². The Bertz CT molecular complexity index is 554. The molecule has 1 saturated carbocycles. The predicted molar refractivity (Wildman–Crippen MR) is 82.6 cm³/mol. The molecule has 1 aromatic rings. The lowest BCUT2D eigenvalue weighted by molar-refractivity contribution is -0.0612. The smallest absolute Gasteiger partial charge is 0.0992 e. The van der Waals surface area contributed by atoms with Gasteiger partial charge in [-0.3, -0.25) is 0 Å². The van der Waals surface area contributed by atoms with Gasteiger partial charge in [0.05, 0.1) is 17.2 Å². The van der Waals surface area contributed by atoms with Crippen molar-refractivity contribution in [3.8, 4) is 6.07 Å². The molecule has 20 heavy (non-hydrogen) atoms. The van der Waals surface area contributed by atoms with E-state index in [1.54, 1.807) is 0 Å². The van der Waals surface area contributed by atoms with Gasteiger partial charge in [-0.25, -0.2) is 0 Å². The molecule has 3 rings (SSSR count). The second-order valence-electron chi connectivity index (χ2n) is 6.05. The third-order valence-corrected chi connectivity index (χ3v) is 5.26. The Morgan fingerprint density at radius 1 is 1.30 bits per heavy atom. The highest BCUT2D eigenvalue weighted by molar-refractivity contribution is 9.10. The molecule has 1 aromatic carbocycles. The van der Waals surface area contributed by atoms with Crippen molar-refractivity contribution in [2.45, 2.75) is 37.7 Å². The summed E-state index contributed by atoms with van der Waals surface area (Å²) < 4.78 is 0.941.